The van der Waals surface area contributed by atoms with Gasteiger partial charge in [0.05, 0.1) is 11.3 Å². The first-order valence-electron chi connectivity index (χ1n) is 6.78. The van der Waals surface area contributed by atoms with Gasteiger partial charge in [-0.2, -0.15) is 5.26 Å². The van der Waals surface area contributed by atoms with E-state index in [1.54, 1.807) is 24.9 Å². The Labute approximate surface area is 129 Å². The number of carboxylic acid groups (broad SMARTS) is 1. The molecule has 21 heavy (non-hydrogen) atoms. The third-order valence-corrected chi connectivity index (χ3v) is 3.85. The largest absolute Gasteiger partial charge is 0.480 e. The molecule has 0 radical (unpaired) electrons. The second-order valence-electron chi connectivity index (χ2n) is 4.39. The Morgan fingerprint density at radius 2 is 2.33 bits per heavy atom. The van der Waals surface area contributed by atoms with Gasteiger partial charge in [-0.1, -0.05) is 13.0 Å². The normalized spacial score (nSPS) is 11.7. The third kappa shape index (κ3) is 5.29. The fraction of sp³-hybridized carbons (Fsp3) is 0.467. The molecule has 5 nitrogen and oxygen atoms in total. The van der Waals surface area contributed by atoms with Crippen LogP contribution in [-0.4, -0.2) is 36.6 Å². The van der Waals surface area contributed by atoms with Crippen molar-refractivity contribution in [1.29, 1.82) is 5.26 Å². The van der Waals surface area contributed by atoms with Gasteiger partial charge in [0.2, 0.25) is 0 Å². The fourth-order valence-corrected chi connectivity index (χ4v) is 2.71. The van der Waals surface area contributed by atoms with Crippen LogP contribution >= 0.6 is 11.8 Å². The standard InChI is InChI=1S/C15H20N2O3S/c1-3-21-14-8-4-6-12(11(14)10-16)17-13(15(18)19)7-5-9-20-2/h4,6,8,13,17H,3,5,7,9H2,1-2H3,(H,18,19). The molecule has 0 fully saturated rings. The Morgan fingerprint density at radius 1 is 1.57 bits per heavy atom. The first-order chi connectivity index (χ1) is 10.1. The van der Waals surface area contributed by atoms with E-state index in [1.807, 2.05) is 19.1 Å². The average Bonchev–Trinajstić information content (AvgIpc) is 2.47. The zero-order chi connectivity index (χ0) is 15.7. The molecule has 6 heteroatoms. The molecule has 1 atom stereocenters. The lowest BCUT2D eigenvalue weighted by Crippen LogP contribution is -2.30. The molecule has 1 rings (SSSR count). The number of benzene rings is 1. The van der Waals surface area contributed by atoms with Crippen LogP contribution in [0.15, 0.2) is 23.1 Å². The van der Waals surface area contributed by atoms with Gasteiger partial charge in [-0.05, 0) is 30.7 Å². The molecular formula is C15H20N2O3S. The van der Waals surface area contributed by atoms with Crippen LogP contribution in [0.5, 0.6) is 0 Å². The Kier molecular flexibility index (Phi) is 7.65. The maximum atomic E-state index is 11.3. The molecule has 114 valence electrons. The van der Waals surface area contributed by atoms with E-state index >= 15 is 0 Å². The van der Waals surface area contributed by atoms with E-state index in [0.717, 1.165) is 10.6 Å². The summed E-state index contributed by atoms with van der Waals surface area (Å²) in [5.41, 5.74) is 1.07. The Morgan fingerprint density at radius 3 is 2.90 bits per heavy atom. The summed E-state index contributed by atoms with van der Waals surface area (Å²) in [4.78, 5) is 12.2. The molecule has 1 unspecified atom stereocenters. The fourth-order valence-electron chi connectivity index (χ4n) is 1.92. The maximum Gasteiger partial charge on any atom is 0.326 e. The number of nitrogens with zero attached hydrogens (tertiary/aromatic N) is 1. The molecule has 0 spiro atoms. The Hall–Kier alpha value is -1.71. The monoisotopic (exact) mass is 308 g/mol. The highest BCUT2D eigenvalue weighted by molar-refractivity contribution is 7.99. The lowest BCUT2D eigenvalue weighted by atomic mass is 10.1. The lowest BCUT2D eigenvalue weighted by Gasteiger charge is -2.17. The van der Waals surface area contributed by atoms with Crippen LogP contribution in [0.3, 0.4) is 0 Å². The van der Waals surface area contributed by atoms with Gasteiger partial charge in [0.1, 0.15) is 12.1 Å². The number of methoxy groups -OCH3 is 1. The van der Waals surface area contributed by atoms with Gasteiger partial charge < -0.3 is 15.2 Å². The molecule has 0 saturated heterocycles. The topological polar surface area (TPSA) is 82.3 Å². The van der Waals surface area contributed by atoms with E-state index in [9.17, 15) is 15.2 Å². The summed E-state index contributed by atoms with van der Waals surface area (Å²) in [7, 11) is 1.59. The molecular weight excluding hydrogens is 288 g/mol. The Balaban J connectivity index is 2.90. The number of thioether (sulfide) groups is 1. The molecule has 0 bridgehead atoms. The number of carbonyl (C=O) groups is 1. The van der Waals surface area contributed by atoms with Crippen molar-refractivity contribution in [3.05, 3.63) is 23.8 Å². The number of nitrogens with one attached hydrogen (secondary N) is 1. The van der Waals surface area contributed by atoms with E-state index in [-0.39, 0.29) is 0 Å². The second-order valence-corrected chi connectivity index (χ2v) is 5.70. The molecule has 0 saturated carbocycles. The van der Waals surface area contributed by atoms with E-state index in [1.165, 1.54) is 0 Å². The highest BCUT2D eigenvalue weighted by Crippen LogP contribution is 2.28. The molecule has 0 amide bonds. The summed E-state index contributed by atoms with van der Waals surface area (Å²) in [5.74, 6) is -0.0718. The maximum absolute atomic E-state index is 11.3. The minimum atomic E-state index is -0.927. The highest BCUT2D eigenvalue weighted by atomic mass is 32.2. The van der Waals surface area contributed by atoms with E-state index in [4.69, 9.17) is 4.74 Å². The number of anilines is 1. The van der Waals surface area contributed by atoms with Gasteiger partial charge in [0.15, 0.2) is 0 Å². The van der Waals surface area contributed by atoms with Gasteiger partial charge in [-0.25, -0.2) is 4.79 Å². The van der Waals surface area contributed by atoms with Gasteiger partial charge in [0.25, 0.3) is 0 Å². The SMILES string of the molecule is CCSc1cccc(NC(CCCOC)C(=O)O)c1C#N. The minimum absolute atomic E-state index is 0.444. The van der Waals surface area contributed by atoms with Crippen molar-refractivity contribution in [2.45, 2.75) is 30.7 Å². The molecule has 0 aliphatic rings. The Bertz CT molecular complexity index is 514. The molecule has 0 heterocycles. The lowest BCUT2D eigenvalue weighted by molar-refractivity contribution is -0.138. The van der Waals surface area contributed by atoms with Crippen LogP contribution < -0.4 is 5.32 Å². The van der Waals surface area contributed by atoms with Crippen LogP contribution in [0.4, 0.5) is 5.69 Å². The summed E-state index contributed by atoms with van der Waals surface area (Å²) in [5, 5.41) is 21.6. The predicted molar refractivity (Wildman–Crippen MR) is 83.7 cm³/mol. The molecule has 1 aromatic rings. The zero-order valence-electron chi connectivity index (χ0n) is 12.3. The van der Waals surface area contributed by atoms with E-state index in [2.05, 4.69) is 11.4 Å². The second kappa shape index (κ2) is 9.27. The van der Waals surface area contributed by atoms with Crippen LogP contribution in [0.2, 0.25) is 0 Å². The number of ether oxygens (including phenoxy) is 1. The van der Waals surface area contributed by atoms with E-state index in [0.29, 0.717) is 30.7 Å². The van der Waals surface area contributed by atoms with Crippen LogP contribution in [0.1, 0.15) is 25.3 Å². The van der Waals surface area contributed by atoms with Crippen LogP contribution in [0, 0.1) is 11.3 Å². The third-order valence-electron chi connectivity index (χ3n) is 2.91. The van der Waals surface area contributed by atoms with Crippen molar-refractivity contribution >= 4 is 23.4 Å². The summed E-state index contributed by atoms with van der Waals surface area (Å²) in [6.45, 7) is 2.53. The number of carboxylic acids is 1. The summed E-state index contributed by atoms with van der Waals surface area (Å²) < 4.78 is 4.94. The van der Waals surface area contributed by atoms with Crippen LogP contribution in [0.25, 0.3) is 0 Å². The smallest absolute Gasteiger partial charge is 0.326 e. The molecule has 0 aromatic heterocycles. The van der Waals surface area contributed by atoms with Crippen LogP contribution in [-0.2, 0) is 9.53 Å². The first-order valence-corrected chi connectivity index (χ1v) is 7.76. The highest BCUT2D eigenvalue weighted by Gasteiger charge is 2.19. The van der Waals surface area contributed by atoms with Crippen molar-refractivity contribution in [3.63, 3.8) is 0 Å². The summed E-state index contributed by atoms with van der Waals surface area (Å²) >= 11 is 1.57. The number of nitriles is 1. The average molecular weight is 308 g/mol. The van der Waals surface area contributed by atoms with Crippen molar-refractivity contribution in [2.75, 3.05) is 24.8 Å². The quantitative estimate of drug-likeness (QED) is 0.539. The summed E-state index contributed by atoms with van der Waals surface area (Å²) in [6.07, 6.45) is 1.09. The number of aliphatic carboxylic acids is 1. The van der Waals surface area contributed by atoms with Gasteiger partial charge in [0, 0.05) is 18.6 Å². The van der Waals surface area contributed by atoms with E-state index < -0.39 is 12.0 Å². The van der Waals surface area contributed by atoms with Crippen molar-refractivity contribution in [1.82, 2.24) is 0 Å². The first kappa shape index (κ1) is 17.3. The predicted octanol–water partition coefficient (Wildman–Crippen LogP) is 2.96. The van der Waals surface area contributed by atoms with Gasteiger partial charge >= 0.3 is 5.97 Å². The minimum Gasteiger partial charge on any atom is -0.480 e. The van der Waals surface area contributed by atoms with Gasteiger partial charge in [-0.3, -0.25) is 0 Å². The van der Waals surface area contributed by atoms with Crippen molar-refractivity contribution in [3.8, 4) is 6.07 Å². The zero-order valence-corrected chi connectivity index (χ0v) is 13.1. The number of rotatable bonds is 9. The molecule has 1 aromatic carbocycles. The number of hydrogen-bond acceptors (Lipinski definition) is 5. The molecule has 0 aliphatic carbocycles. The van der Waals surface area contributed by atoms with Crippen molar-refractivity contribution < 1.29 is 14.6 Å². The summed E-state index contributed by atoms with van der Waals surface area (Å²) in [6, 6.07) is 6.87. The molecule has 2 N–H and O–H groups in total. The van der Waals surface area contributed by atoms with Gasteiger partial charge in [-0.15, -0.1) is 11.8 Å². The molecule has 0 aliphatic heterocycles. The van der Waals surface area contributed by atoms with Crippen molar-refractivity contribution in [2.24, 2.45) is 0 Å². The number of hydrogen-bond donors (Lipinski definition) is 2.